The molecule has 0 saturated carbocycles. The maximum atomic E-state index is 13.9. The monoisotopic (exact) mass is 574 g/mol. The average molecular weight is 576 g/mol. The minimum atomic E-state index is -0.312. The minimum Gasteiger partial charge on any atom is -0.350 e. The van der Waals surface area contributed by atoms with Gasteiger partial charge in [0.2, 0.25) is 5.91 Å². The fourth-order valence-electron chi connectivity index (χ4n) is 5.44. The van der Waals surface area contributed by atoms with Gasteiger partial charge < -0.3 is 15.5 Å². The molecule has 1 fully saturated rings. The summed E-state index contributed by atoms with van der Waals surface area (Å²) >= 11 is 12.1. The van der Waals surface area contributed by atoms with E-state index in [2.05, 4.69) is 74.4 Å². The molecule has 1 heterocycles. The maximum Gasteiger partial charge on any atom is 0.251 e. The molecule has 2 aromatic carbocycles. The van der Waals surface area contributed by atoms with E-state index in [1.807, 2.05) is 11.0 Å². The quantitative estimate of drug-likeness (QED) is 0.327. The fourth-order valence-corrected chi connectivity index (χ4v) is 5.74. The molecule has 2 aromatic rings. The Hall–Kier alpha value is -2.12. The summed E-state index contributed by atoms with van der Waals surface area (Å²) in [5.74, 6) is 0.222. The molecule has 0 unspecified atom stereocenters. The summed E-state index contributed by atoms with van der Waals surface area (Å²) in [6.45, 7) is 13.6. The summed E-state index contributed by atoms with van der Waals surface area (Å²) in [5, 5.41) is 7.40. The third-order valence-corrected chi connectivity index (χ3v) is 8.43. The molecule has 214 valence electrons. The summed E-state index contributed by atoms with van der Waals surface area (Å²) < 4.78 is 0. The van der Waals surface area contributed by atoms with Crippen molar-refractivity contribution in [3.05, 3.63) is 69.7 Å². The number of hydrogen-bond acceptors (Lipinski definition) is 4. The summed E-state index contributed by atoms with van der Waals surface area (Å²) in [5.41, 5.74) is 1.73. The van der Waals surface area contributed by atoms with Crippen LogP contribution in [0.25, 0.3) is 0 Å². The van der Waals surface area contributed by atoms with Gasteiger partial charge in [0.1, 0.15) is 0 Å². The Morgan fingerprint density at radius 1 is 1.08 bits per heavy atom. The highest BCUT2D eigenvalue weighted by Gasteiger charge is 2.33. The highest BCUT2D eigenvalue weighted by molar-refractivity contribution is 6.42. The molecule has 3 rings (SSSR count). The molecule has 1 aliphatic rings. The Bertz CT molecular complexity index is 1070. The Labute approximate surface area is 244 Å². The second-order valence-corrected chi connectivity index (χ2v) is 11.9. The number of rotatable bonds is 12. The molecular weight excluding hydrogens is 531 g/mol. The van der Waals surface area contributed by atoms with E-state index in [4.69, 9.17) is 23.2 Å². The van der Waals surface area contributed by atoms with Crippen molar-refractivity contribution in [2.45, 2.75) is 84.0 Å². The van der Waals surface area contributed by atoms with E-state index in [9.17, 15) is 9.59 Å². The van der Waals surface area contributed by atoms with E-state index >= 15 is 0 Å². The third kappa shape index (κ3) is 8.94. The SMILES string of the molecule is CC[C@H](CN1CC[C@@H](CNC(=O)c2ccc(Cl)c(Cl)c2)N[C@@H](CCN(C(C)C)C(C)C)C1=O)c1ccccc1. The lowest BCUT2D eigenvalue weighted by molar-refractivity contribution is -0.133. The second kappa shape index (κ2) is 15.0. The Kier molecular flexibility index (Phi) is 12.1. The average Bonchev–Trinajstić information content (AvgIpc) is 3.06. The molecule has 0 spiro atoms. The van der Waals surface area contributed by atoms with Crippen molar-refractivity contribution in [2.75, 3.05) is 26.2 Å². The standard InChI is InChI=1S/C31H44Cl2N4O2/c1-6-23(24-10-8-7-9-11-24)20-36-16-14-26(19-34-30(38)25-12-13-27(32)28(33)18-25)35-29(31(36)39)15-17-37(21(2)3)22(4)5/h7-13,18,21-23,26,29,35H,6,14-17,19-20H2,1-5H3,(H,34,38)/t23-,26+,29+/m1/s1. The topological polar surface area (TPSA) is 64.7 Å². The Morgan fingerprint density at radius 2 is 1.77 bits per heavy atom. The van der Waals surface area contributed by atoms with Crippen LogP contribution >= 0.6 is 23.2 Å². The maximum absolute atomic E-state index is 13.9. The number of nitrogens with one attached hydrogen (secondary N) is 2. The molecule has 0 bridgehead atoms. The number of carbonyl (C=O) groups excluding carboxylic acids is 2. The number of carbonyl (C=O) groups is 2. The summed E-state index contributed by atoms with van der Waals surface area (Å²) in [6.07, 6.45) is 2.43. The number of hydrogen-bond donors (Lipinski definition) is 2. The lowest BCUT2D eigenvalue weighted by atomic mass is 9.95. The molecule has 39 heavy (non-hydrogen) atoms. The van der Waals surface area contributed by atoms with Gasteiger partial charge in [-0.1, -0.05) is 60.5 Å². The zero-order valence-corrected chi connectivity index (χ0v) is 25.4. The predicted octanol–water partition coefficient (Wildman–Crippen LogP) is 5.99. The van der Waals surface area contributed by atoms with Gasteiger partial charge in [-0.25, -0.2) is 0 Å². The molecule has 1 aliphatic heterocycles. The van der Waals surface area contributed by atoms with Crippen LogP contribution < -0.4 is 10.6 Å². The van der Waals surface area contributed by atoms with Gasteiger partial charge in [-0.2, -0.15) is 0 Å². The van der Waals surface area contributed by atoms with Crippen LogP contribution in [0.1, 0.15) is 75.7 Å². The lowest BCUT2D eigenvalue weighted by Gasteiger charge is -2.33. The van der Waals surface area contributed by atoms with Crippen LogP contribution in [-0.4, -0.2) is 72.0 Å². The van der Waals surface area contributed by atoms with Crippen LogP contribution in [0.3, 0.4) is 0 Å². The van der Waals surface area contributed by atoms with Gasteiger partial charge >= 0.3 is 0 Å². The summed E-state index contributed by atoms with van der Waals surface area (Å²) in [4.78, 5) is 31.2. The smallest absolute Gasteiger partial charge is 0.251 e. The second-order valence-electron chi connectivity index (χ2n) is 11.1. The zero-order chi connectivity index (χ0) is 28.5. The van der Waals surface area contributed by atoms with E-state index in [1.54, 1.807) is 18.2 Å². The molecule has 2 N–H and O–H groups in total. The van der Waals surface area contributed by atoms with E-state index in [-0.39, 0.29) is 29.8 Å². The van der Waals surface area contributed by atoms with E-state index < -0.39 is 0 Å². The van der Waals surface area contributed by atoms with Gasteiger partial charge in [-0.3, -0.25) is 14.5 Å². The van der Waals surface area contributed by atoms with Crippen LogP contribution in [0.5, 0.6) is 0 Å². The minimum absolute atomic E-state index is 0.0287. The highest BCUT2D eigenvalue weighted by atomic mass is 35.5. The van der Waals surface area contributed by atoms with Crippen LogP contribution in [0, 0.1) is 0 Å². The molecule has 0 aliphatic carbocycles. The largest absolute Gasteiger partial charge is 0.350 e. The van der Waals surface area contributed by atoms with Crippen molar-refractivity contribution in [1.29, 1.82) is 0 Å². The van der Waals surface area contributed by atoms with Crippen LogP contribution in [-0.2, 0) is 4.79 Å². The van der Waals surface area contributed by atoms with Crippen LogP contribution in [0.15, 0.2) is 48.5 Å². The predicted molar refractivity (Wildman–Crippen MR) is 162 cm³/mol. The Balaban J connectivity index is 1.74. The fraction of sp³-hybridized carbons (Fsp3) is 0.548. The first-order chi connectivity index (χ1) is 18.6. The van der Waals surface area contributed by atoms with Crippen molar-refractivity contribution in [1.82, 2.24) is 20.4 Å². The van der Waals surface area contributed by atoms with Gasteiger partial charge in [0.25, 0.3) is 5.91 Å². The molecule has 1 saturated heterocycles. The van der Waals surface area contributed by atoms with Crippen LogP contribution in [0.2, 0.25) is 10.0 Å². The molecule has 0 radical (unpaired) electrons. The molecule has 2 amide bonds. The van der Waals surface area contributed by atoms with Gasteiger partial charge in [0.05, 0.1) is 16.1 Å². The van der Waals surface area contributed by atoms with E-state index in [1.165, 1.54) is 5.56 Å². The highest BCUT2D eigenvalue weighted by Crippen LogP contribution is 2.24. The molecular formula is C31H44Cl2N4O2. The van der Waals surface area contributed by atoms with E-state index in [0.717, 1.165) is 19.4 Å². The summed E-state index contributed by atoms with van der Waals surface area (Å²) in [6, 6.07) is 15.8. The van der Waals surface area contributed by atoms with Crippen molar-refractivity contribution < 1.29 is 9.59 Å². The molecule has 0 aromatic heterocycles. The zero-order valence-electron chi connectivity index (χ0n) is 23.9. The number of benzene rings is 2. The number of amides is 2. The van der Waals surface area contributed by atoms with Crippen molar-refractivity contribution in [3.63, 3.8) is 0 Å². The third-order valence-electron chi connectivity index (χ3n) is 7.69. The van der Waals surface area contributed by atoms with Gasteiger partial charge in [0.15, 0.2) is 0 Å². The van der Waals surface area contributed by atoms with Gasteiger partial charge in [0, 0.05) is 55.8 Å². The van der Waals surface area contributed by atoms with Crippen LogP contribution in [0.4, 0.5) is 0 Å². The molecule has 6 nitrogen and oxygen atoms in total. The molecule has 8 heteroatoms. The summed E-state index contributed by atoms with van der Waals surface area (Å²) in [7, 11) is 0. The number of halogens is 2. The van der Waals surface area contributed by atoms with Gasteiger partial charge in [-0.15, -0.1) is 0 Å². The van der Waals surface area contributed by atoms with E-state index in [0.29, 0.717) is 53.7 Å². The Morgan fingerprint density at radius 3 is 2.38 bits per heavy atom. The van der Waals surface area contributed by atoms with Crippen molar-refractivity contribution in [2.24, 2.45) is 0 Å². The van der Waals surface area contributed by atoms with Crippen molar-refractivity contribution >= 4 is 35.0 Å². The number of nitrogens with zero attached hydrogens (tertiary/aromatic N) is 2. The van der Waals surface area contributed by atoms with Crippen molar-refractivity contribution in [3.8, 4) is 0 Å². The first-order valence-corrected chi connectivity index (χ1v) is 14.9. The lowest BCUT2D eigenvalue weighted by Crippen LogP contribution is -2.51. The normalized spacial score (nSPS) is 19.0. The van der Waals surface area contributed by atoms with Gasteiger partial charge in [-0.05, 0) is 70.7 Å². The first kappa shape index (κ1) is 31.4. The first-order valence-electron chi connectivity index (χ1n) is 14.2. The molecule has 3 atom stereocenters.